The molecule has 1 aromatic rings. The van der Waals surface area contributed by atoms with Crippen molar-refractivity contribution >= 4 is 44.3 Å². The van der Waals surface area contributed by atoms with Gasteiger partial charge in [0.25, 0.3) is 0 Å². The van der Waals surface area contributed by atoms with Crippen LogP contribution < -0.4 is 4.31 Å². The maximum Gasteiger partial charge on any atom is 0.305 e. The molecule has 94 valence electrons. The van der Waals surface area contributed by atoms with Gasteiger partial charge in [0.05, 0.1) is 18.4 Å². The van der Waals surface area contributed by atoms with Gasteiger partial charge in [0, 0.05) is 10.1 Å². The van der Waals surface area contributed by atoms with E-state index in [1.165, 1.54) is 0 Å². The molecule has 0 amide bonds. The third kappa shape index (κ3) is 4.15. The summed E-state index contributed by atoms with van der Waals surface area (Å²) in [6.07, 6.45) is 0.843. The van der Waals surface area contributed by atoms with E-state index in [4.69, 9.17) is 5.11 Å². The molecule has 0 unspecified atom stereocenters. The third-order valence-corrected chi connectivity index (χ3v) is 4.14. The molecule has 1 rings (SSSR count). The van der Waals surface area contributed by atoms with Crippen molar-refractivity contribution in [3.05, 3.63) is 27.8 Å². The first-order valence-corrected chi connectivity index (χ1v) is 7.69. The zero-order chi connectivity index (χ0) is 13.1. The lowest BCUT2D eigenvalue weighted by Crippen LogP contribution is -2.32. The Morgan fingerprint density at radius 3 is 2.47 bits per heavy atom. The van der Waals surface area contributed by atoms with Gasteiger partial charge >= 0.3 is 5.97 Å². The molecule has 0 atom stereocenters. The molecule has 0 radical (unpaired) electrons. The second-order valence-electron chi connectivity index (χ2n) is 3.43. The van der Waals surface area contributed by atoms with Crippen LogP contribution in [0.1, 0.15) is 6.42 Å². The maximum absolute atomic E-state index is 11.6. The van der Waals surface area contributed by atoms with Gasteiger partial charge in [0.1, 0.15) is 0 Å². The number of sulfonamides is 1. The second kappa shape index (κ2) is 5.67. The molecule has 17 heavy (non-hydrogen) atoms. The van der Waals surface area contributed by atoms with Crippen LogP contribution in [0.2, 0.25) is 0 Å². The van der Waals surface area contributed by atoms with Crippen molar-refractivity contribution in [2.45, 2.75) is 6.42 Å². The molecule has 5 nitrogen and oxygen atoms in total. The van der Waals surface area contributed by atoms with Crippen LogP contribution in [-0.4, -0.2) is 32.3 Å². The van der Waals surface area contributed by atoms with E-state index in [2.05, 4.69) is 0 Å². The summed E-state index contributed by atoms with van der Waals surface area (Å²) < 4.78 is 25.1. The summed E-state index contributed by atoms with van der Waals surface area (Å²) in [4.78, 5) is 10.5. The summed E-state index contributed by atoms with van der Waals surface area (Å²) in [6, 6.07) is 6.94. The standard InChI is InChI=1S/C10H12INO4S/c1-17(15,16)12(7-6-10(13)14)9-5-3-2-4-8(9)11/h2-5H,6-7H2,1H3,(H,13,14). The van der Waals surface area contributed by atoms with E-state index in [1.807, 2.05) is 22.6 Å². The molecule has 0 saturated heterocycles. The average molecular weight is 369 g/mol. The zero-order valence-electron chi connectivity index (χ0n) is 9.13. The van der Waals surface area contributed by atoms with E-state index >= 15 is 0 Å². The highest BCUT2D eigenvalue weighted by molar-refractivity contribution is 14.1. The van der Waals surface area contributed by atoms with Crippen molar-refractivity contribution in [3.8, 4) is 0 Å². The Balaban J connectivity index is 3.08. The quantitative estimate of drug-likeness (QED) is 0.799. The fourth-order valence-electron chi connectivity index (χ4n) is 1.32. The lowest BCUT2D eigenvalue weighted by molar-refractivity contribution is -0.136. The molecule has 1 N–H and O–H groups in total. The summed E-state index contributed by atoms with van der Waals surface area (Å²) >= 11 is 2.02. The molecule has 0 spiro atoms. The van der Waals surface area contributed by atoms with E-state index in [0.717, 1.165) is 14.1 Å². The van der Waals surface area contributed by atoms with Gasteiger partial charge in [-0.2, -0.15) is 0 Å². The molecule has 0 aromatic heterocycles. The van der Waals surface area contributed by atoms with Gasteiger partial charge < -0.3 is 5.11 Å². The Morgan fingerprint density at radius 2 is 2.00 bits per heavy atom. The topological polar surface area (TPSA) is 74.7 Å². The Labute approximate surface area is 114 Å². The number of carbonyl (C=O) groups is 1. The van der Waals surface area contributed by atoms with Crippen LogP contribution in [0.5, 0.6) is 0 Å². The van der Waals surface area contributed by atoms with Crippen molar-refractivity contribution < 1.29 is 18.3 Å². The van der Waals surface area contributed by atoms with Crippen LogP contribution in [0.15, 0.2) is 24.3 Å². The van der Waals surface area contributed by atoms with E-state index in [-0.39, 0.29) is 13.0 Å². The summed E-state index contributed by atoms with van der Waals surface area (Å²) in [5.41, 5.74) is 0.511. The van der Waals surface area contributed by atoms with Gasteiger partial charge in [-0.3, -0.25) is 9.10 Å². The molecular weight excluding hydrogens is 357 g/mol. The minimum atomic E-state index is -3.47. The molecule has 1 aromatic carbocycles. The molecule has 0 aliphatic rings. The fourth-order valence-corrected chi connectivity index (χ4v) is 3.10. The largest absolute Gasteiger partial charge is 0.481 e. The predicted molar refractivity (Wildman–Crippen MR) is 73.6 cm³/mol. The Hall–Kier alpha value is -0.830. The molecule has 0 fully saturated rings. The molecular formula is C10H12INO4S. The fraction of sp³-hybridized carbons (Fsp3) is 0.300. The molecule has 0 aliphatic carbocycles. The number of benzene rings is 1. The molecule has 7 heteroatoms. The number of carboxylic acids is 1. The predicted octanol–water partition coefficient (Wildman–Crippen LogP) is 1.53. The molecule has 0 aliphatic heterocycles. The lowest BCUT2D eigenvalue weighted by atomic mass is 10.3. The monoisotopic (exact) mass is 369 g/mol. The zero-order valence-corrected chi connectivity index (χ0v) is 12.1. The number of halogens is 1. The highest BCUT2D eigenvalue weighted by atomic mass is 127. The summed E-state index contributed by atoms with van der Waals surface area (Å²) in [7, 11) is -3.47. The van der Waals surface area contributed by atoms with Crippen LogP contribution in [0.3, 0.4) is 0 Å². The van der Waals surface area contributed by atoms with Crippen molar-refractivity contribution in [3.63, 3.8) is 0 Å². The van der Waals surface area contributed by atoms with Gasteiger partial charge in [-0.05, 0) is 34.7 Å². The van der Waals surface area contributed by atoms with Crippen LogP contribution >= 0.6 is 22.6 Å². The maximum atomic E-state index is 11.6. The average Bonchev–Trinajstić information content (AvgIpc) is 2.18. The molecule has 0 heterocycles. The summed E-state index contributed by atoms with van der Waals surface area (Å²) in [5, 5.41) is 8.62. The first-order chi connectivity index (χ1) is 7.82. The minimum Gasteiger partial charge on any atom is -0.481 e. The summed E-state index contributed by atoms with van der Waals surface area (Å²) in [6.45, 7) is -0.0613. The number of anilines is 1. The molecule has 0 saturated carbocycles. The van der Waals surface area contributed by atoms with Crippen LogP contribution in [-0.2, 0) is 14.8 Å². The van der Waals surface area contributed by atoms with E-state index in [9.17, 15) is 13.2 Å². The Morgan fingerprint density at radius 1 is 1.41 bits per heavy atom. The van der Waals surface area contributed by atoms with Crippen LogP contribution in [0.25, 0.3) is 0 Å². The van der Waals surface area contributed by atoms with Crippen molar-refractivity contribution in [1.82, 2.24) is 0 Å². The van der Waals surface area contributed by atoms with E-state index in [1.54, 1.807) is 24.3 Å². The van der Waals surface area contributed by atoms with Crippen LogP contribution in [0.4, 0.5) is 5.69 Å². The van der Waals surface area contributed by atoms with E-state index < -0.39 is 16.0 Å². The minimum absolute atomic E-state index is 0.0613. The van der Waals surface area contributed by atoms with Crippen LogP contribution in [0, 0.1) is 3.57 Å². The highest BCUT2D eigenvalue weighted by Gasteiger charge is 2.20. The highest BCUT2D eigenvalue weighted by Crippen LogP contribution is 2.24. The number of rotatable bonds is 5. The van der Waals surface area contributed by atoms with Gasteiger partial charge in [0.15, 0.2) is 0 Å². The number of hydrogen-bond acceptors (Lipinski definition) is 3. The molecule has 0 bridgehead atoms. The second-order valence-corrected chi connectivity index (χ2v) is 6.50. The van der Waals surface area contributed by atoms with Gasteiger partial charge in [-0.1, -0.05) is 12.1 Å². The third-order valence-electron chi connectivity index (χ3n) is 2.05. The lowest BCUT2D eigenvalue weighted by Gasteiger charge is -2.22. The first-order valence-electron chi connectivity index (χ1n) is 4.76. The Kier molecular flexibility index (Phi) is 4.75. The van der Waals surface area contributed by atoms with Gasteiger partial charge in [-0.25, -0.2) is 8.42 Å². The van der Waals surface area contributed by atoms with Crippen molar-refractivity contribution in [2.75, 3.05) is 17.1 Å². The number of carboxylic acid groups (broad SMARTS) is 1. The van der Waals surface area contributed by atoms with Crippen molar-refractivity contribution in [1.29, 1.82) is 0 Å². The first kappa shape index (κ1) is 14.2. The van der Waals surface area contributed by atoms with E-state index in [0.29, 0.717) is 5.69 Å². The number of nitrogens with zero attached hydrogens (tertiary/aromatic N) is 1. The number of aliphatic carboxylic acids is 1. The number of hydrogen-bond donors (Lipinski definition) is 1. The van der Waals surface area contributed by atoms with Crippen molar-refractivity contribution in [2.24, 2.45) is 0 Å². The van der Waals surface area contributed by atoms with Gasteiger partial charge in [0.2, 0.25) is 10.0 Å². The normalized spacial score (nSPS) is 11.2. The smallest absolute Gasteiger partial charge is 0.305 e. The number of para-hydroxylation sites is 1. The Bertz CT molecular complexity index is 515. The SMILES string of the molecule is CS(=O)(=O)N(CCC(=O)O)c1ccccc1I. The van der Waals surface area contributed by atoms with Gasteiger partial charge in [-0.15, -0.1) is 0 Å². The summed E-state index contributed by atoms with van der Waals surface area (Å²) in [5.74, 6) is -1.02.